The van der Waals surface area contributed by atoms with E-state index >= 15 is 0 Å². The van der Waals surface area contributed by atoms with Crippen LogP contribution in [0.3, 0.4) is 0 Å². The molecule has 2 aromatic carbocycles. The van der Waals surface area contributed by atoms with E-state index in [1.165, 1.54) is 12.1 Å². The molecule has 0 heterocycles. The van der Waals surface area contributed by atoms with Crippen molar-refractivity contribution in [1.82, 2.24) is 0 Å². The molecule has 0 unspecified atom stereocenters. The van der Waals surface area contributed by atoms with E-state index < -0.39 is 0 Å². The first-order chi connectivity index (χ1) is 9.65. The van der Waals surface area contributed by atoms with Crippen molar-refractivity contribution in [3.05, 3.63) is 53.3 Å². The van der Waals surface area contributed by atoms with E-state index in [0.29, 0.717) is 18.0 Å². The molecule has 0 saturated carbocycles. The molecule has 106 valence electrons. The second-order valence-corrected chi connectivity index (χ2v) is 5.69. The first kappa shape index (κ1) is 14.9. The van der Waals surface area contributed by atoms with Gasteiger partial charge < -0.3 is 10.5 Å². The second kappa shape index (κ2) is 6.77. The minimum Gasteiger partial charge on any atom is -0.457 e. The Bertz CT molecular complexity index is 601. The van der Waals surface area contributed by atoms with Gasteiger partial charge in [0.25, 0.3) is 0 Å². The van der Waals surface area contributed by atoms with Gasteiger partial charge >= 0.3 is 0 Å². The van der Waals surface area contributed by atoms with Crippen LogP contribution in [0.1, 0.15) is 18.1 Å². The second-order valence-electron chi connectivity index (χ2n) is 4.38. The number of hydrogen-bond acceptors (Lipinski definition) is 3. The van der Waals surface area contributed by atoms with Crippen LogP contribution in [0.4, 0.5) is 4.39 Å². The molecule has 0 spiro atoms. The third-order valence-corrected chi connectivity index (χ3v) is 3.95. The number of nitrogens with two attached hydrogens (primary N) is 1. The number of ether oxygens (including phenoxy) is 1. The van der Waals surface area contributed by atoms with Crippen LogP contribution in [0.5, 0.6) is 11.5 Å². The van der Waals surface area contributed by atoms with Crippen LogP contribution in [0.25, 0.3) is 0 Å². The van der Waals surface area contributed by atoms with Gasteiger partial charge in [-0.2, -0.15) is 0 Å². The maximum atomic E-state index is 13.3. The summed E-state index contributed by atoms with van der Waals surface area (Å²) in [6, 6.07) is 10.4. The lowest BCUT2D eigenvalue weighted by Crippen LogP contribution is -2.02. The van der Waals surface area contributed by atoms with Gasteiger partial charge in [0, 0.05) is 23.1 Å². The SMILES string of the molecule is CCSc1cccc(Oc2cc(F)ccc2C)c1CN. The van der Waals surface area contributed by atoms with E-state index in [0.717, 1.165) is 21.8 Å². The summed E-state index contributed by atoms with van der Waals surface area (Å²) in [5, 5.41) is 0. The monoisotopic (exact) mass is 291 g/mol. The first-order valence-electron chi connectivity index (χ1n) is 6.54. The summed E-state index contributed by atoms with van der Waals surface area (Å²) < 4.78 is 19.2. The van der Waals surface area contributed by atoms with Gasteiger partial charge in [0.15, 0.2) is 0 Å². The van der Waals surface area contributed by atoms with Crippen LogP contribution in [-0.4, -0.2) is 5.75 Å². The lowest BCUT2D eigenvalue weighted by molar-refractivity contribution is 0.465. The van der Waals surface area contributed by atoms with Crippen LogP contribution in [0, 0.1) is 12.7 Å². The van der Waals surface area contributed by atoms with E-state index in [1.807, 2.05) is 25.1 Å². The van der Waals surface area contributed by atoms with Crippen molar-refractivity contribution in [2.45, 2.75) is 25.3 Å². The molecule has 0 aliphatic carbocycles. The van der Waals surface area contributed by atoms with Gasteiger partial charge in [0.2, 0.25) is 0 Å². The molecule has 0 atom stereocenters. The normalized spacial score (nSPS) is 10.6. The lowest BCUT2D eigenvalue weighted by Gasteiger charge is -2.15. The predicted octanol–water partition coefficient (Wildman–Crippen LogP) is 4.50. The number of benzene rings is 2. The van der Waals surface area contributed by atoms with Crippen molar-refractivity contribution < 1.29 is 9.13 Å². The quantitative estimate of drug-likeness (QED) is 0.824. The Kier molecular flexibility index (Phi) is 5.04. The average molecular weight is 291 g/mol. The molecule has 0 radical (unpaired) electrons. The van der Waals surface area contributed by atoms with Gasteiger partial charge in [0.1, 0.15) is 17.3 Å². The Morgan fingerprint density at radius 1 is 1.20 bits per heavy atom. The molecule has 4 heteroatoms. The fraction of sp³-hybridized carbons (Fsp3) is 0.250. The van der Waals surface area contributed by atoms with Gasteiger partial charge in [-0.15, -0.1) is 11.8 Å². The number of aryl methyl sites for hydroxylation is 1. The largest absolute Gasteiger partial charge is 0.457 e. The van der Waals surface area contributed by atoms with E-state index in [9.17, 15) is 4.39 Å². The molecule has 2 rings (SSSR count). The van der Waals surface area contributed by atoms with Crippen molar-refractivity contribution in [2.75, 3.05) is 5.75 Å². The fourth-order valence-corrected chi connectivity index (χ4v) is 2.78. The third-order valence-electron chi connectivity index (χ3n) is 2.96. The topological polar surface area (TPSA) is 35.2 Å². The Balaban J connectivity index is 2.37. The fourth-order valence-electron chi connectivity index (χ4n) is 1.94. The smallest absolute Gasteiger partial charge is 0.133 e. The molecule has 0 aliphatic heterocycles. The molecule has 20 heavy (non-hydrogen) atoms. The molecule has 0 fully saturated rings. The summed E-state index contributed by atoms with van der Waals surface area (Å²) in [5.74, 6) is 1.88. The number of hydrogen-bond donors (Lipinski definition) is 1. The zero-order valence-electron chi connectivity index (χ0n) is 11.7. The summed E-state index contributed by atoms with van der Waals surface area (Å²) in [4.78, 5) is 1.11. The van der Waals surface area contributed by atoms with Crippen molar-refractivity contribution >= 4 is 11.8 Å². The molecule has 0 aromatic heterocycles. The molecular formula is C16H18FNOS. The van der Waals surface area contributed by atoms with E-state index in [-0.39, 0.29) is 5.82 Å². The van der Waals surface area contributed by atoms with Gasteiger partial charge in [-0.3, -0.25) is 0 Å². The molecule has 0 amide bonds. The summed E-state index contributed by atoms with van der Waals surface area (Å²) >= 11 is 1.72. The summed E-state index contributed by atoms with van der Waals surface area (Å²) in [6.07, 6.45) is 0. The van der Waals surface area contributed by atoms with E-state index in [1.54, 1.807) is 17.8 Å². The maximum Gasteiger partial charge on any atom is 0.133 e. The number of halogens is 1. The van der Waals surface area contributed by atoms with Gasteiger partial charge in [0.05, 0.1) is 0 Å². The predicted molar refractivity (Wildman–Crippen MR) is 81.9 cm³/mol. The Labute approximate surface area is 123 Å². The van der Waals surface area contributed by atoms with Crippen LogP contribution in [-0.2, 0) is 6.54 Å². The average Bonchev–Trinajstić information content (AvgIpc) is 2.43. The molecular weight excluding hydrogens is 273 g/mol. The Morgan fingerprint density at radius 3 is 2.70 bits per heavy atom. The molecule has 0 bridgehead atoms. The molecule has 2 nitrogen and oxygen atoms in total. The number of thioether (sulfide) groups is 1. The zero-order valence-corrected chi connectivity index (χ0v) is 12.5. The van der Waals surface area contributed by atoms with Crippen LogP contribution in [0.15, 0.2) is 41.3 Å². The Morgan fingerprint density at radius 2 is 2.00 bits per heavy atom. The molecule has 0 saturated heterocycles. The highest BCUT2D eigenvalue weighted by atomic mass is 32.2. The lowest BCUT2D eigenvalue weighted by atomic mass is 10.2. The Hall–Kier alpha value is -1.52. The summed E-state index contributed by atoms with van der Waals surface area (Å²) in [5.41, 5.74) is 7.69. The minimum atomic E-state index is -0.306. The van der Waals surface area contributed by atoms with Crippen LogP contribution < -0.4 is 10.5 Å². The van der Waals surface area contributed by atoms with Crippen LogP contribution in [0.2, 0.25) is 0 Å². The number of rotatable bonds is 5. The third kappa shape index (κ3) is 3.32. The van der Waals surface area contributed by atoms with Gasteiger partial charge in [-0.05, 0) is 36.4 Å². The standard InChI is InChI=1S/C16H18FNOS/c1-3-20-16-6-4-5-14(13(16)10-18)19-15-9-12(17)8-7-11(15)2/h4-9H,3,10,18H2,1-2H3. The highest BCUT2D eigenvalue weighted by Crippen LogP contribution is 2.33. The zero-order chi connectivity index (χ0) is 14.5. The summed E-state index contributed by atoms with van der Waals surface area (Å²) in [7, 11) is 0. The summed E-state index contributed by atoms with van der Waals surface area (Å²) in [6.45, 7) is 4.38. The highest BCUT2D eigenvalue weighted by molar-refractivity contribution is 7.99. The van der Waals surface area contributed by atoms with Gasteiger partial charge in [-0.25, -0.2) is 4.39 Å². The maximum absolute atomic E-state index is 13.3. The molecule has 2 aromatic rings. The van der Waals surface area contributed by atoms with Crippen molar-refractivity contribution in [3.8, 4) is 11.5 Å². The van der Waals surface area contributed by atoms with Crippen molar-refractivity contribution in [3.63, 3.8) is 0 Å². The first-order valence-corrected chi connectivity index (χ1v) is 7.53. The van der Waals surface area contributed by atoms with E-state index in [4.69, 9.17) is 10.5 Å². The van der Waals surface area contributed by atoms with Crippen molar-refractivity contribution in [2.24, 2.45) is 5.73 Å². The van der Waals surface area contributed by atoms with Crippen molar-refractivity contribution in [1.29, 1.82) is 0 Å². The van der Waals surface area contributed by atoms with Crippen LogP contribution >= 0.6 is 11.8 Å². The van der Waals surface area contributed by atoms with E-state index in [2.05, 4.69) is 6.92 Å². The molecule has 2 N–H and O–H groups in total. The highest BCUT2D eigenvalue weighted by Gasteiger charge is 2.10. The minimum absolute atomic E-state index is 0.306. The van der Waals surface area contributed by atoms with Gasteiger partial charge in [-0.1, -0.05) is 19.1 Å². The molecule has 0 aliphatic rings.